The van der Waals surface area contributed by atoms with Crippen LogP contribution in [0.25, 0.3) is 28.4 Å². The van der Waals surface area contributed by atoms with Gasteiger partial charge in [0, 0.05) is 23.1 Å². The van der Waals surface area contributed by atoms with Crippen LogP contribution >= 0.6 is 11.6 Å². The summed E-state index contributed by atoms with van der Waals surface area (Å²) in [4.78, 5) is 26.4. The molecule has 1 heterocycles. The number of hydrogen-bond acceptors (Lipinski definition) is 5. The Morgan fingerprint density at radius 1 is 0.938 bits per heavy atom. The van der Waals surface area contributed by atoms with Gasteiger partial charge >= 0.3 is 0 Å². The fraction of sp³-hybridized carbons (Fsp3) is 0.211. The van der Waals surface area contributed by atoms with Gasteiger partial charge in [0.05, 0.1) is 22.4 Å². The Labute approximate surface area is 285 Å². The molecule has 0 saturated carbocycles. The number of carbonyl (C=O) groups excluding carboxylic acids is 2. The summed E-state index contributed by atoms with van der Waals surface area (Å²) in [5, 5.41) is 6.83. The van der Waals surface area contributed by atoms with Crippen LogP contribution in [0.5, 0.6) is 0 Å². The van der Waals surface area contributed by atoms with Crippen molar-refractivity contribution in [2.45, 2.75) is 33.1 Å². The Bertz CT molecular complexity index is 2030. The van der Waals surface area contributed by atoms with Crippen LogP contribution in [0, 0.1) is 5.41 Å². The zero-order valence-electron chi connectivity index (χ0n) is 26.9. The smallest absolute Gasteiger partial charge is 0.266 e. The number of carbonyl (C=O) groups is 2. The number of benzene rings is 4. The zero-order valence-corrected chi connectivity index (χ0v) is 28.4. The van der Waals surface area contributed by atoms with E-state index in [1.165, 1.54) is 0 Å². The molecule has 1 aromatic heterocycles. The predicted octanol–water partition coefficient (Wildman–Crippen LogP) is 8.40. The van der Waals surface area contributed by atoms with Crippen molar-refractivity contribution in [3.8, 4) is 11.3 Å². The van der Waals surface area contributed by atoms with E-state index in [4.69, 9.17) is 20.6 Å². The molecular weight excluding hydrogens is 648 g/mol. The summed E-state index contributed by atoms with van der Waals surface area (Å²) in [5.41, 5.74) is 5.01. The number of hydrogen-bond donors (Lipinski definition) is 3. The Balaban J connectivity index is 1.36. The Kier molecular flexibility index (Phi) is 10.5. The van der Waals surface area contributed by atoms with Gasteiger partial charge in [-0.3, -0.25) is 14.1 Å². The molecule has 0 aliphatic heterocycles. The van der Waals surface area contributed by atoms with Crippen LogP contribution in [0.2, 0.25) is 5.02 Å². The maximum absolute atomic E-state index is 13.9. The lowest BCUT2D eigenvalue weighted by atomic mass is 9.89. The van der Waals surface area contributed by atoms with Crippen molar-refractivity contribution < 1.29 is 27.0 Å². The molecule has 0 aliphatic carbocycles. The van der Waals surface area contributed by atoms with E-state index in [9.17, 15) is 18.0 Å². The van der Waals surface area contributed by atoms with Gasteiger partial charge in [-0.2, -0.15) is 8.42 Å². The van der Waals surface area contributed by atoms with Crippen LogP contribution in [0.3, 0.4) is 0 Å². The molecule has 3 N–H and O–H groups in total. The molecule has 1 unspecified atom stereocenters. The summed E-state index contributed by atoms with van der Waals surface area (Å²) in [6.07, 6.45) is 4.52. The molecule has 10 heteroatoms. The van der Waals surface area contributed by atoms with Crippen LogP contribution < -0.4 is 10.6 Å². The number of anilines is 1. The van der Waals surface area contributed by atoms with Crippen molar-refractivity contribution in [3.63, 3.8) is 0 Å². The first kappa shape index (κ1) is 34.6. The second kappa shape index (κ2) is 14.6. The maximum atomic E-state index is 13.9. The SMILES string of the molecule is CC(C)(C)C=Cc1ccc(C(Cc2ccc(C(=O)NCCS(=O)(=O)O)cc2)C(=O)Nc2ccc(-c3cc4ccccc4o3)cc2Cl)cc1. The number of para-hydroxylation sites is 1. The monoisotopic (exact) mass is 684 g/mol. The highest BCUT2D eigenvalue weighted by Gasteiger charge is 2.23. The minimum atomic E-state index is -4.18. The normalized spacial score (nSPS) is 12.7. The van der Waals surface area contributed by atoms with Crippen molar-refractivity contribution in [2.24, 2.45) is 5.41 Å². The summed E-state index contributed by atoms with van der Waals surface area (Å²) in [5.74, 6) is -1.22. The maximum Gasteiger partial charge on any atom is 0.266 e. The molecule has 0 aliphatic rings. The van der Waals surface area contributed by atoms with Crippen molar-refractivity contribution in [3.05, 3.63) is 130 Å². The van der Waals surface area contributed by atoms with E-state index in [1.807, 2.05) is 60.7 Å². The van der Waals surface area contributed by atoms with Gasteiger partial charge in [0.2, 0.25) is 5.91 Å². The number of halogens is 1. The fourth-order valence-electron chi connectivity index (χ4n) is 5.08. The van der Waals surface area contributed by atoms with Crippen molar-refractivity contribution in [1.82, 2.24) is 5.32 Å². The molecule has 0 fully saturated rings. The number of fused-ring (bicyclic) bond motifs is 1. The number of rotatable bonds is 11. The first-order chi connectivity index (χ1) is 22.7. The average Bonchev–Trinajstić information content (AvgIpc) is 3.48. The molecule has 0 radical (unpaired) electrons. The standard InChI is InChI=1S/C38H37ClN2O6S/c1-38(2,3)19-18-25-8-12-27(13-9-25)31(22-26-10-14-28(15-11-26)36(42)40-20-21-48(44,45)46)37(43)41-33-17-16-30(23-32(33)39)35-24-29-6-4-5-7-34(29)47-35/h4-19,23-24,31H,20-22H2,1-3H3,(H,40,42)(H,41,43)(H,44,45,46). The number of allylic oxidation sites excluding steroid dienone is 1. The zero-order chi connectivity index (χ0) is 34.5. The lowest BCUT2D eigenvalue weighted by molar-refractivity contribution is -0.117. The van der Waals surface area contributed by atoms with E-state index in [1.54, 1.807) is 36.4 Å². The van der Waals surface area contributed by atoms with Crippen LogP contribution in [-0.2, 0) is 21.3 Å². The molecule has 4 aromatic carbocycles. The van der Waals surface area contributed by atoms with Crippen molar-refractivity contribution in [1.29, 1.82) is 0 Å². The summed E-state index contributed by atoms with van der Waals surface area (Å²) >= 11 is 6.68. The first-order valence-electron chi connectivity index (χ1n) is 15.4. The topological polar surface area (TPSA) is 126 Å². The van der Waals surface area contributed by atoms with Crippen LogP contribution in [0.4, 0.5) is 5.69 Å². The molecule has 0 spiro atoms. The summed E-state index contributed by atoms with van der Waals surface area (Å²) < 4.78 is 36.8. The first-order valence-corrected chi connectivity index (χ1v) is 17.4. The second-order valence-corrected chi connectivity index (χ2v) is 14.7. The quantitative estimate of drug-likeness (QED) is 0.120. The molecule has 5 rings (SSSR count). The second-order valence-electron chi connectivity index (χ2n) is 12.7. The van der Waals surface area contributed by atoms with Crippen molar-refractivity contribution in [2.75, 3.05) is 17.6 Å². The fourth-order valence-corrected chi connectivity index (χ4v) is 5.67. The highest BCUT2D eigenvalue weighted by Crippen LogP contribution is 2.33. The van der Waals surface area contributed by atoms with Gasteiger partial charge in [0.15, 0.2) is 0 Å². The Morgan fingerprint density at radius 2 is 1.65 bits per heavy atom. The van der Waals surface area contributed by atoms with Gasteiger partial charge in [-0.25, -0.2) is 0 Å². The third-order valence-electron chi connectivity index (χ3n) is 7.67. The van der Waals surface area contributed by atoms with E-state index in [0.717, 1.165) is 33.2 Å². The third-order valence-corrected chi connectivity index (χ3v) is 8.70. The minimum absolute atomic E-state index is 0.0277. The van der Waals surface area contributed by atoms with Crippen LogP contribution in [0.15, 0.2) is 108 Å². The lowest BCUT2D eigenvalue weighted by Crippen LogP contribution is -2.28. The summed E-state index contributed by atoms with van der Waals surface area (Å²) in [6.45, 7) is 6.16. The molecule has 1 atom stereocenters. The van der Waals surface area contributed by atoms with E-state index < -0.39 is 27.7 Å². The van der Waals surface area contributed by atoms with Crippen LogP contribution in [0.1, 0.15) is 53.7 Å². The molecule has 248 valence electrons. The van der Waals surface area contributed by atoms with Crippen molar-refractivity contribution >= 4 is 56.3 Å². The summed E-state index contributed by atoms with van der Waals surface area (Å²) in [7, 11) is -4.18. The molecule has 5 aromatic rings. The molecular formula is C38H37ClN2O6S. The largest absolute Gasteiger partial charge is 0.456 e. The highest BCUT2D eigenvalue weighted by molar-refractivity contribution is 7.85. The van der Waals surface area contributed by atoms with Gasteiger partial charge in [0.25, 0.3) is 16.0 Å². The molecule has 48 heavy (non-hydrogen) atoms. The van der Waals surface area contributed by atoms with Gasteiger partial charge in [-0.1, -0.05) is 99.1 Å². The molecule has 2 amide bonds. The van der Waals surface area contributed by atoms with Gasteiger partial charge in [-0.15, -0.1) is 0 Å². The van der Waals surface area contributed by atoms with E-state index in [-0.39, 0.29) is 17.9 Å². The lowest BCUT2D eigenvalue weighted by Gasteiger charge is -2.19. The minimum Gasteiger partial charge on any atom is -0.456 e. The third kappa shape index (κ3) is 9.44. The molecule has 0 bridgehead atoms. The Morgan fingerprint density at radius 3 is 2.29 bits per heavy atom. The average molecular weight is 685 g/mol. The van der Waals surface area contributed by atoms with Gasteiger partial charge in [-0.05, 0) is 71.0 Å². The predicted molar refractivity (Wildman–Crippen MR) is 192 cm³/mol. The number of amides is 2. The van der Waals surface area contributed by atoms with Gasteiger partial charge in [0.1, 0.15) is 11.3 Å². The van der Waals surface area contributed by atoms with E-state index in [0.29, 0.717) is 28.5 Å². The van der Waals surface area contributed by atoms with Crippen LogP contribution in [-0.4, -0.2) is 37.1 Å². The Hall–Kier alpha value is -4.70. The van der Waals surface area contributed by atoms with Gasteiger partial charge < -0.3 is 15.1 Å². The number of nitrogens with one attached hydrogen (secondary N) is 2. The summed E-state index contributed by atoms with van der Waals surface area (Å²) in [6, 6.07) is 29.6. The van der Waals surface area contributed by atoms with E-state index in [2.05, 4.69) is 43.6 Å². The van der Waals surface area contributed by atoms with E-state index >= 15 is 0 Å². The number of furan rings is 1. The molecule has 8 nitrogen and oxygen atoms in total. The highest BCUT2D eigenvalue weighted by atomic mass is 35.5. The molecule has 0 saturated heterocycles.